The van der Waals surface area contributed by atoms with Gasteiger partial charge in [-0.3, -0.25) is 4.79 Å². The van der Waals surface area contributed by atoms with E-state index in [9.17, 15) is 22.4 Å². The lowest BCUT2D eigenvalue weighted by atomic mass is 10.2. The second-order valence-electron chi connectivity index (χ2n) is 5.07. The quantitative estimate of drug-likeness (QED) is 0.543. The number of anilines is 3. The van der Waals surface area contributed by atoms with Crippen LogP contribution in [0.2, 0.25) is 0 Å². The summed E-state index contributed by atoms with van der Waals surface area (Å²) in [5.41, 5.74) is -0.190. The molecule has 1 heterocycles. The Morgan fingerprint density at radius 2 is 1.62 bits per heavy atom. The van der Waals surface area contributed by atoms with Gasteiger partial charge >= 0.3 is 0 Å². The number of carbonyl (C=O) groups is 1. The number of nitrogens with one attached hydrogen (secondary N) is 2. The van der Waals surface area contributed by atoms with Gasteiger partial charge in [0.15, 0.2) is 17.5 Å². The molecule has 2 N–H and O–H groups in total. The summed E-state index contributed by atoms with van der Waals surface area (Å²) in [5, 5.41) is 4.87. The minimum atomic E-state index is -1.69. The van der Waals surface area contributed by atoms with Gasteiger partial charge in [-0.2, -0.15) is 0 Å². The number of halogens is 4. The van der Waals surface area contributed by atoms with Crippen molar-refractivity contribution in [2.75, 3.05) is 10.6 Å². The Morgan fingerprint density at radius 3 is 2.35 bits per heavy atom. The Kier molecular flexibility index (Phi) is 4.78. The lowest BCUT2D eigenvalue weighted by molar-refractivity contribution is 0.102. The molecule has 1 aromatic heterocycles. The third kappa shape index (κ3) is 3.77. The smallest absolute Gasteiger partial charge is 0.274 e. The molecule has 3 aromatic rings. The van der Waals surface area contributed by atoms with Crippen molar-refractivity contribution >= 4 is 23.2 Å². The van der Waals surface area contributed by atoms with Gasteiger partial charge in [0.05, 0.1) is 5.69 Å². The maximum absolute atomic E-state index is 13.6. The molecule has 0 radical (unpaired) electrons. The van der Waals surface area contributed by atoms with Crippen molar-refractivity contribution in [1.29, 1.82) is 0 Å². The molecule has 0 aliphatic heterocycles. The number of hydrogen-bond acceptors (Lipinski definition) is 4. The first-order valence-electron chi connectivity index (χ1n) is 7.24. The molecule has 0 saturated heterocycles. The first kappa shape index (κ1) is 17.3. The minimum Gasteiger partial charge on any atom is -0.324 e. The molecule has 9 heteroatoms. The van der Waals surface area contributed by atoms with Crippen LogP contribution in [-0.4, -0.2) is 15.9 Å². The number of carbonyl (C=O) groups excluding carboxylic acids is 1. The van der Waals surface area contributed by atoms with Gasteiger partial charge in [0, 0.05) is 11.9 Å². The molecule has 0 aliphatic rings. The van der Waals surface area contributed by atoms with Gasteiger partial charge in [0.25, 0.3) is 5.91 Å². The Morgan fingerprint density at radius 1 is 0.885 bits per heavy atom. The Hall–Kier alpha value is -3.49. The zero-order valence-electron chi connectivity index (χ0n) is 12.9. The molecule has 0 unspecified atom stereocenters. The topological polar surface area (TPSA) is 66.9 Å². The van der Waals surface area contributed by atoms with E-state index in [4.69, 9.17) is 0 Å². The van der Waals surface area contributed by atoms with Crippen LogP contribution in [0.15, 0.2) is 48.7 Å². The number of benzene rings is 2. The first-order chi connectivity index (χ1) is 12.4. The maximum Gasteiger partial charge on any atom is 0.274 e. The maximum atomic E-state index is 13.6. The second kappa shape index (κ2) is 7.18. The number of aromatic nitrogens is 2. The third-order valence-electron chi connectivity index (χ3n) is 3.27. The molecular formula is C17H10F4N4O. The van der Waals surface area contributed by atoms with Crippen molar-refractivity contribution in [2.24, 2.45) is 0 Å². The van der Waals surface area contributed by atoms with Gasteiger partial charge in [0.1, 0.15) is 11.5 Å². The third-order valence-corrected chi connectivity index (χ3v) is 3.27. The van der Waals surface area contributed by atoms with Crippen LogP contribution in [-0.2, 0) is 0 Å². The SMILES string of the molecule is O=C(Nc1ccc(F)c(F)c1F)c1ccnc(Nc2ccc(F)cc2)n1. The van der Waals surface area contributed by atoms with Crippen LogP contribution in [0.4, 0.5) is 34.9 Å². The van der Waals surface area contributed by atoms with Crippen molar-refractivity contribution in [1.82, 2.24) is 9.97 Å². The molecule has 132 valence electrons. The van der Waals surface area contributed by atoms with Crippen LogP contribution in [0.1, 0.15) is 10.5 Å². The number of hydrogen-bond donors (Lipinski definition) is 2. The minimum absolute atomic E-state index is 0.0371. The summed E-state index contributed by atoms with van der Waals surface area (Å²) in [4.78, 5) is 20.0. The zero-order chi connectivity index (χ0) is 18.7. The van der Waals surface area contributed by atoms with E-state index >= 15 is 0 Å². The lowest BCUT2D eigenvalue weighted by Crippen LogP contribution is -2.16. The molecule has 3 rings (SSSR count). The fourth-order valence-corrected chi connectivity index (χ4v) is 2.02. The van der Waals surface area contributed by atoms with Gasteiger partial charge in [-0.05, 0) is 42.5 Å². The molecule has 26 heavy (non-hydrogen) atoms. The number of amides is 1. The van der Waals surface area contributed by atoms with Crippen molar-refractivity contribution in [3.63, 3.8) is 0 Å². The Bertz CT molecular complexity index is 963. The first-order valence-corrected chi connectivity index (χ1v) is 7.24. The highest BCUT2D eigenvalue weighted by molar-refractivity contribution is 6.03. The monoisotopic (exact) mass is 362 g/mol. The molecule has 5 nitrogen and oxygen atoms in total. The predicted molar refractivity (Wildman–Crippen MR) is 86.0 cm³/mol. The fraction of sp³-hybridized carbons (Fsp3) is 0. The van der Waals surface area contributed by atoms with E-state index in [1.165, 1.54) is 36.5 Å². The Labute approximate surface area is 144 Å². The van der Waals surface area contributed by atoms with Crippen molar-refractivity contribution in [3.05, 3.63) is 77.6 Å². The largest absolute Gasteiger partial charge is 0.324 e. The van der Waals surface area contributed by atoms with Gasteiger partial charge in [-0.1, -0.05) is 0 Å². The van der Waals surface area contributed by atoms with Crippen LogP contribution in [0, 0.1) is 23.3 Å². The van der Waals surface area contributed by atoms with E-state index in [0.717, 1.165) is 6.07 Å². The molecule has 2 aromatic carbocycles. The van der Waals surface area contributed by atoms with Crippen molar-refractivity contribution in [2.45, 2.75) is 0 Å². The van der Waals surface area contributed by atoms with Gasteiger partial charge in [-0.15, -0.1) is 0 Å². The average Bonchev–Trinajstić information content (AvgIpc) is 2.64. The van der Waals surface area contributed by atoms with Gasteiger partial charge in [0.2, 0.25) is 5.95 Å². The highest BCUT2D eigenvalue weighted by Crippen LogP contribution is 2.20. The van der Waals surface area contributed by atoms with E-state index in [1.54, 1.807) is 0 Å². The van der Waals surface area contributed by atoms with Crippen LogP contribution in [0.25, 0.3) is 0 Å². The van der Waals surface area contributed by atoms with Crippen molar-refractivity contribution < 1.29 is 22.4 Å². The average molecular weight is 362 g/mol. The Balaban J connectivity index is 1.78. The molecule has 0 atom stereocenters. The number of nitrogens with zero attached hydrogens (tertiary/aromatic N) is 2. The summed E-state index contributed by atoms with van der Waals surface area (Å²) >= 11 is 0. The summed E-state index contributed by atoms with van der Waals surface area (Å²) in [5.74, 6) is -5.80. The lowest BCUT2D eigenvalue weighted by Gasteiger charge is -2.08. The summed E-state index contributed by atoms with van der Waals surface area (Å²) < 4.78 is 52.7. The van der Waals surface area contributed by atoms with Crippen molar-refractivity contribution in [3.8, 4) is 0 Å². The summed E-state index contributed by atoms with van der Waals surface area (Å²) in [6.07, 6.45) is 1.27. The molecular weight excluding hydrogens is 352 g/mol. The predicted octanol–water partition coefficient (Wildman–Crippen LogP) is 4.03. The summed E-state index contributed by atoms with van der Waals surface area (Å²) in [7, 11) is 0. The molecule has 1 amide bonds. The molecule has 0 aliphatic carbocycles. The van der Waals surface area contributed by atoms with E-state index in [0.29, 0.717) is 11.8 Å². The second-order valence-corrected chi connectivity index (χ2v) is 5.07. The van der Waals surface area contributed by atoms with Crippen LogP contribution in [0.5, 0.6) is 0 Å². The number of rotatable bonds is 4. The molecule has 0 saturated carbocycles. The highest BCUT2D eigenvalue weighted by Gasteiger charge is 2.17. The fourth-order valence-electron chi connectivity index (χ4n) is 2.02. The van der Waals surface area contributed by atoms with E-state index in [-0.39, 0.29) is 11.6 Å². The molecule has 0 bridgehead atoms. The van der Waals surface area contributed by atoms with Gasteiger partial charge < -0.3 is 10.6 Å². The van der Waals surface area contributed by atoms with Crippen LogP contribution < -0.4 is 10.6 Å². The van der Waals surface area contributed by atoms with E-state index < -0.39 is 34.9 Å². The normalized spacial score (nSPS) is 10.5. The zero-order valence-corrected chi connectivity index (χ0v) is 12.9. The molecule has 0 fully saturated rings. The summed E-state index contributed by atoms with van der Waals surface area (Å²) in [6, 6.07) is 8.18. The standard InChI is InChI=1S/C17H10F4N4O/c18-9-1-3-10(4-2-9)23-17-22-8-7-13(25-17)16(26)24-12-6-5-11(19)14(20)15(12)21/h1-8H,(H,24,26)(H,22,23,25). The summed E-state index contributed by atoms with van der Waals surface area (Å²) in [6.45, 7) is 0. The van der Waals surface area contributed by atoms with Gasteiger partial charge in [-0.25, -0.2) is 27.5 Å². The van der Waals surface area contributed by atoms with E-state index in [2.05, 4.69) is 20.6 Å². The van der Waals surface area contributed by atoms with E-state index in [1.807, 2.05) is 0 Å². The molecule has 0 spiro atoms. The van der Waals surface area contributed by atoms with Crippen LogP contribution in [0.3, 0.4) is 0 Å². The highest BCUT2D eigenvalue weighted by atomic mass is 19.2. The van der Waals surface area contributed by atoms with Crippen LogP contribution >= 0.6 is 0 Å².